The van der Waals surface area contributed by atoms with Crippen LogP contribution in [0.3, 0.4) is 0 Å². The molecule has 1 amide bonds. The Balaban J connectivity index is 0.000000537. The third-order valence-electron chi connectivity index (χ3n) is 5.11. The molecule has 0 saturated carbocycles. The van der Waals surface area contributed by atoms with E-state index >= 15 is 0 Å². The number of ether oxygens (including phenoxy) is 1. The fourth-order valence-corrected chi connectivity index (χ4v) is 3.98. The fourth-order valence-electron chi connectivity index (χ4n) is 3.81. The Morgan fingerprint density at radius 1 is 1.10 bits per heavy atom. The van der Waals surface area contributed by atoms with Gasteiger partial charge in [-0.15, -0.1) is 0 Å². The third-order valence-corrected chi connectivity index (χ3v) is 5.35. The summed E-state index contributed by atoms with van der Waals surface area (Å²) in [4.78, 5) is 25.6. The van der Waals surface area contributed by atoms with Crippen LogP contribution in [0.4, 0.5) is 0 Å². The van der Waals surface area contributed by atoms with Gasteiger partial charge in [0.2, 0.25) is 5.91 Å². The Morgan fingerprint density at radius 3 is 2.28 bits per heavy atom. The highest BCUT2D eigenvalue weighted by Gasteiger charge is 2.57. The van der Waals surface area contributed by atoms with E-state index in [1.165, 1.54) is 0 Å². The number of carbonyl (C=O) groups is 2. The minimum atomic E-state index is -1.20. The number of carbonyl (C=O) groups excluding carboxylic acids is 2. The van der Waals surface area contributed by atoms with Crippen molar-refractivity contribution in [1.29, 1.82) is 0 Å². The largest absolute Gasteiger partial charge is 0.425 e. The van der Waals surface area contributed by atoms with Gasteiger partial charge in [-0.2, -0.15) is 0 Å². The second-order valence-corrected chi connectivity index (χ2v) is 7.17. The molecule has 0 aliphatic carbocycles. The minimum absolute atomic E-state index is 0.203. The molecule has 0 aromatic heterocycles. The van der Waals surface area contributed by atoms with Crippen LogP contribution in [0.5, 0.6) is 5.75 Å². The van der Waals surface area contributed by atoms with Gasteiger partial charge in [0, 0.05) is 17.6 Å². The number of benzene rings is 2. The number of nitrogens with one attached hydrogen (secondary N) is 2. The Morgan fingerprint density at radius 2 is 1.76 bits per heavy atom. The van der Waals surface area contributed by atoms with Crippen molar-refractivity contribution in [2.75, 3.05) is 20.1 Å². The molecule has 2 aromatic rings. The number of hydrogen-bond donors (Lipinski definition) is 2. The summed E-state index contributed by atoms with van der Waals surface area (Å²) in [6.07, 6.45) is 0.482. The lowest BCUT2D eigenvalue weighted by Crippen LogP contribution is -2.48. The first kappa shape index (κ1) is 22.9. The number of amides is 1. The van der Waals surface area contributed by atoms with E-state index in [1.54, 1.807) is 25.2 Å². The summed E-state index contributed by atoms with van der Waals surface area (Å²) in [6, 6.07) is 14.3. The van der Waals surface area contributed by atoms with Gasteiger partial charge in [-0.3, -0.25) is 9.59 Å². The van der Waals surface area contributed by atoms with Crippen LogP contribution in [0.15, 0.2) is 48.5 Å². The summed E-state index contributed by atoms with van der Waals surface area (Å²) in [5.74, 6) is -0.791. The predicted molar refractivity (Wildman–Crippen MR) is 116 cm³/mol. The van der Waals surface area contributed by atoms with E-state index < -0.39 is 17.3 Å². The molecule has 2 atom stereocenters. The average molecular weight is 417 g/mol. The van der Waals surface area contributed by atoms with Crippen LogP contribution in [0.25, 0.3) is 0 Å². The number of rotatable bonds is 6. The van der Waals surface area contributed by atoms with Gasteiger partial charge in [-0.25, -0.2) is 0 Å². The molecule has 6 heteroatoms. The fraction of sp³-hybridized carbons (Fsp3) is 0.391. The molecule has 156 valence electrons. The molecule has 2 unspecified atom stereocenters. The second-order valence-electron chi connectivity index (χ2n) is 6.74. The van der Waals surface area contributed by atoms with Gasteiger partial charge in [0.05, 0.1) is 5.92 Å². The first-order chi connectivity index (χ1) is 14.0. The van der Waals surface area contributed by atoms with Gasteiger partial charge >= 0.3 is 5.97 Å². The van der Waals surface area contributed by atoms with Gasteiger partial charge < -0.3 is 15.4 Å². The van der Waals surface area contributed by atoms with Crippen LogP contribution in [-0.2, 0) is 15.0 Å². The van der Waals surface area contributed by atoms with Gasteiger partial charge in [-0.1, -0.05) is 62.7 Å². The van der Waals surface area contributed by atoms with Gasteiger partial charge in [0.1, 0.15) is 11.2 Å². The van der Waals surface area contributed by atoms with Crippen LogP contribution >= 0.6 is 11.6 Å². The Labute approximate surface area is 177 Å². The molecule has 2 N–H and O–H groups in total. The number of halogens is 1. The summed E-state index contributed by atoms with van der Waals surface area (Å²) in [6.45, 7) is 8.28. The van der Waals surface area contributed by atoms with Crippen molar-refractivity contribution >= 4 is 23.5 Å². The highest BCUT2D eigenvalue weighted by atomic mass is 35.5. The first-order valence-electron chi connectivity index (χ1n) is 9.97. The lowest BCUT2D eigenvalue weighted by molar-refractivity contribution is -0.142. The van der Waals surface area contributed by atoms with E-state index in [4.69, 9.17) is 16.3 Å². The van der Waals surface area contributed by atoms with E-state index in [1.807, 2.05) is 37.3 Å². The summed E-state index contributed by atoms with van der Waals surface area (Å²) in [5.41, 5.74) is 0.171. The zero-order chi connectivity index (χ0) is 21.4. The molecule has 5 nitrogen and oxygen atoms in total. The highest BCUT2D eigenvalue weighted by molar-refractivity contribution is 6.30. The molecule has 1 aliphatic rings. The average Bonchev–Trinajstić information content (AvgIpc) is 3.02. The quantitative estimate of drug-likeness (QED) is 0.553. The Kier molecular flexibility index (Phi) is 8.23. The van der Waals surface area contributed by atoms with Crippen LogP contribution in [-0.4, -0.2) is 32.0 Å². The molecule has 29 heavy (non-hydrogen) atoms. The molecular weight excluding hydrogens is 388 g/mol. The lowest BCUT2D eigenvalue weighted by atomic mass is 9.65. The van der Waals surface area contributed by atoms with E-state index in [2.05, 4.69) is 24.5 Å². The molecule has 0 radical (unpaired) electrons. The van der Waals surface area contributed by atoms with Crippen molar-refractivity contribution in [3.8, 4) is 5.75 Å². The Bertz CT molecular complexity index is 839. The summed E-state index contributed by atoms with van der Waals surface area (Å²) in [5, 5.41) is 6.28. The van der Waals surface area contributed by atoms with E-state index in [9.17, 15) is 9.59 Å². The monoisotopic (exact) mass is 416 g/mol. The lowest BCUT2D eigenvalue weighted by Gasteiger charge is -2.33. The third kappa shape index (κ3) is 4.46. The molecule has 1 aliphatic heterocycles. The zero-order valence-corrected chi connectivity index (χ0v) is 18.2. The summed E-state index contributed by atoms with van der Waals surface area (Å²) in [7, 11) is 1.57. The standard InChI is InChI=1S/C19H18ClNO3.C4H11N/c1-3-14(17(22)21-2)19(12-7-5-4-6-8-12)15-11-13(20)9-10-16(15)24-18(19)23;1-3-5-4-2/h4-11,14H,3H2,1-2H3,(H,21,22);5H,3-4H2,1-2H3. The van der Waals surface area contributed by atoms with E-state index in [-0.39, 0.29) is 5.91 Å². The molecule has 0 spiro atoms. The maximum absolute atomic E-state index is 13.0. The number of hydrogen-bond acceptors (Lipinski definition) is 4. The number of esters is 1. The molecule has 0 fully saturated rings. The molecule has 3 rings (SSSR count). The highest BCUT2D eigenvalue weighted by Crippen LogP contribution is 2.50. The number of fused-ring (bicyclic) bond motifs is 1. The van der Waals surface area contributed by atoms with Crippen LogP contribution in [0.1, 0.15) is 38.3 Å². The molecule has 0 bridgehead atoms. The smallest absolute Gasteiger partial charge is 0.327 e. The second kappa shape index (κ2) is 10.4. The maximum atomic E-state index is 13.0. The summed E-state index contributed by atoms with van der Waals surface area (Å²) >= 11 is 6.18. The van der Waals surface area contributed by atoms with Crippen molar-refractivity contribution in [3.63, 3.8) is 0 Å². The summed E-state index contributed by atoms with van der Waals surface area (Å²) < 4.78 is 5.53. The van der Waals surface area contributed by atoms with Crippen molar-refractivity contribution < 1.29 is 14.3 Å². The maximum Gasteiger partial charge on any atom is 0.327 e. The zero-order valence-electron chi connectivity index (χ0n) is 17.4. The van der Waals surface area contributed by atoms with Crippen LogP contribution in [0.2, 0.25) is 5.02 Å². The van der Waals surface area contributed by atoms with E-state index in [0.29, 0.717) is 22.8 Å². The van der Waals surface area contributed by atoms with Crippen LogP contribution in [0, 0.1) is 5.92 Å². The minimum Gasteiger partial charge on any atom is -0.425 e. The molecular formula is C23H29ClN2O3. The van der Waals surface area contributed by atoms with E-state index in [0.717, 1.165) is 18.7 Å². The molecule has 2 aromatic carbocycles. The van der Waals surface area contributed by atoms with Gasteiger partial charge in [-0.05, 0) is 43.3 Å². The topological polar surface area (TPSA) is 67.4 Å². The predicted octanol–water partition coefficient (Wildman–Crippen LogP) is 3.93. The van der Waals surface area contributed by atoms with Gasteiger partial charge in [0.25, 0.3) is 0 Å². The van der Waals surface area contributed by atoms with Crippen LogP contribution < -0.4 is 15.4 Å². The van der Waals surface area contributed by atoms with Crippen molar-refractivity contribution in [1.82, 2.24) is 10.6 Å². The first-order valence-corrected chi connectivity index (χ1v) is 10.3. The Hall–Kier alpha value is -2.37. The van der Waals surface area contributed by atoms with Gasteiger partial charge in [0.15, 0.2) is 0 Å². The molecule has 1 heterocycles. The van der Waals surface area contributed by atoms with Crippen molar-refractivity contribution in [2.24, 2.45) is 5.92 Å². The SMILES string of the molecule is CCC(C(=O)NC)C1(c2ccccc2)C(=O)Oc2ccc(Cl)cc21.CCNCC. The molecule has 0 saturated heterocycles. The normalized spacial score (nSPS) is 18.2. The van der Waals surface area contributed by atoms with Crippen molar-refractivity contribution in [2.45, 2.75) is 32.6 Å². The van der Waals surface area contributed by atoms with Crippen molar-refractivity contribution in [3.05, 3.63) is 64.7 Å².